The van der Waals surface area contributed by atoms with Crippen molar-refractivity contribution in [2.75, 3.05) is 6.54 Å². The van der Waals surface area contributed by atoms with Gasteiger partial charge in [-0.05, 0) is 30.0 Å². The number of nitrogens with two attached hydrogens (primary N) is 1. The van der Waals surface area contributed by atoms with Gasteiger partial charge in [-0.15, -0.1) is 0 Å². The summed E-state index contributed by atoms with van der Waals surface area (Å²) in [7, 11) is 0. The molecule has 0 saturated carbocycles. The average molecular weight is 217 g/mol. The lowest BCUT2D eigenvalue weighted by molar-refractivity contribution is 0.557. The Labute approximate surface area is 96.4 Å². The van der Waals surface area contributed by atoms with Gasteiger partial charge in [-0.2, -0.15) is 0 Å². The molecule has 0 fully saturated rings. The predicted octanol–water partition coefficient (Wildman–Crippen LogP) is 3.23. The molecule has 1 aromatic carbocycles. The first-order chi connectivity index (χ1) is 7.54. The molecule has 1 aromatic heterocycles. The van der Waals surface area contributed by atoms with E-state index in [4.69, 9.17) is 10.2 Å². The summed E-state index contributed by atoms with van der Waals surface area (Å²) in [6.45, 7) is 7.29. The van der Waals surface area contributed by atoms with Crippen LogP contribution in [0.3, 0.4) is 0 Å². The standard InChI is InChI=1S/C14H19NO/c1-14(2,3)11-9-16-12-6-4-5-10(7-8-15)13(11)12/h4-6,9H,7-8,15H2,1-3H3. The van der Waals surface area contributed by atoms with Crippen LogP contribution < -0.4 is 5.73 Å². The van der Waals surface area contributed by atoms with Crippen molar-refractivity contribution in [2.45, 2.75) is 32.6 Å². The monoisotopic (exact) mass is 217 g/mol. The minimum absolute atomic E-state index is 0.107. The summed E-state index contributed by atoms with van der Waals surface area (Å²) in [5.74, 6) is 0. The van der Waals surface area contributed by atoms with Crippen LogP contribution in [0, 0.1) is 0 Å². The van der Waals surface area contributed by atoms with Gasteiger partial charge in [0.05, 0.1) is 6.26 Å². The molecule has 0 spiro atoms. The van der Waals surface area contributed by atoms with Crippen molar-refractivity contribution in [1.82, 2.24) is 0 Å². The number of furan rings is 1. The molecule has 2 heteroatoms. The smallest absolute Gasteiger partial charge is 0.134 e. The molecule has 2 N–H and O–H groups in total. The molecule has 0 aliphatic heterocycles. The van der Waals surface area contributed by atoms with E-state index in [9.17, 15) is 0 Å². The van der Waals surface area contributed by atoms with E-state index in [-0.39, 0.29) is 5.41 Å². The maximum atomic E-state index is 5.65. The van der Waals surface area contributed by atoms with E-state index in [1.54, 1.807) is 0 Å². The third kappa shape index (κ3) is 1.85. The fourth-order valence-electron chi connectivity index (χ4n) is 2.08. The second-order valence-electron chi connectivity index (χ2n) is 5.23. The molecule has 0 aliphatic rings. The van der Waals surface area contributed by atoms with Crippen LogP contribution in [0.25, 0.3) is 11.0 Å². The van der Waals surface area contributed by atoms with Gasteiger partial charge in [0.1, 0.15) is 5.58 Å². The Morgan fingerprint density at radius 2 is 2.00 bits per heavy atom. The van der Waals surface area contributed by atoms with E-state index >= 15 is 0 Å². The first-order valence-corrected chi connectivity index (χ1v) is 5.73. The Kier molecular flexibility index (Phi) is 2.76. The van der Waals surface area contributed by atoms with E-state index in [1.807, 2.05) is 18.4 Å². The summed E-state index contributed by atoms with van der Waals surface area (Å²) >= 11 is 0. The van der Waals surface area contributed by atoms with Crippen LogP contribution in [0.15, 0.2) is 28.9 Å². The van der Waals surface area contributed by atoms with E-state index in [0.717, 1.165) is 12.0 Å². The second kappa shape index (κ2) is 3.95. The summed E-state index contributed by atoms with van der Waals surface area (Å²) in [5, 5.41) is 1.25. The molecule has 1 heterocycles. The molecule has 0 bridgehead atoms. The SMILES string of the molecule is CC(C)(C)c1coc2cccc(CCN)c12. The summed E-state index contributed by atoms with van der Waals surface area (Å²) in [5.41, 5.74) is 9.28. The Balaban J connectivity index is 2.68. The zero-order chi connectivity index (χ0) is 11.8. The highest BCUT2D eigenvalue weighted by Crippen LogP contribution is 2.33. The lowest BCUT2D eigenvalue weighted by Crippen LogP contribution is -2.11. The topological polar surface area (TPSA) is 39.2 Å². The third-order valence-corrected chi connectivity index (χ3v) is 2.91. The molecule has 2 aromatic rings. The minimum atomic E-state index is 0.107. The van der Waals surface area contributed by atoms with Crippen molar-refractivity contribution in [1.29, 1.82) is 0 Å². The van der Waals surface area contributed by atoms with Gasteiger partial charge in [0.25, 0.3) is 0 Å². The molecule has 16 heavy (non-hydrogen) atoms. The first-order valence-electron chi connectivity index (χ1n) is 5.73. The zero-order valence-electron chi connectivity index (χ0n) is 10.2. The highest BCUT2D eigenvalue weighted by Gasteiger charge is 2.21. The summed E-state index contributed by atoms with van der Waals surface area (Å²) in [6, 6.07) is 6.19. The lowest BCUT2D eigenvalue weighted by Gasteiger charge is -2.17. The Hall–Kier alpha value is -1.28. The molecule has 0 aliphatic carbocycles. The maximum absolute atomic E-state index is 5.65. The third-order valence-electron chi connectivity index (χ3n) is 2.91. The van der Waals surface area contributed by atoms with Gasteiger partial charge in [-0.3, -0.25) is 0 Å². The van der Waals surface area contributed by atoms with E-state index in [2.05, 4.69) is 26.8 Å². The number of hydrogen-bond donors (Lipinski definition) is 1. The predicted molar refractivity (Wildman–Crippen MR) is 67.7 cm³/mol. The van der Waals surface area contributed by atoms with Crippen molar-refractivity contribution in [2.24, 2.45) is 5.73 Å². The van der Waals surface area contributed by atoms with Gasteiger partial charge in [0.15, 0.2) is 0 Å². The van der Waals surface area contributed by atoms with Gasteiger partial charge in [-0.25, -0.2) is 0 Å². The first kappa shape index (κ1) is 11.2. The summed E-state index contributed by atoms with van der Waals surface area (Å²) in [4.78, 5) is 0. The van der Waals surface area contributed by atoms with Crippen LogP contribution in [-0.2, 0) is 11.8 Å². The van der Waals surface area contributed by atoms with Crippen molar-refractivity contribution in [3.05, 3.63) is 35.6 Å². The van der Waals surface area contributed by atoms with Crippen LogP contribution in [0.1, 0.15) is 31.9 Å². The number of fused-ring (bicyclic) bond motifs is 1. The second-order valence-corrected chi connectivity index (χ2v) is 5.23. The maximum Gasteiger partial charge on any atom is 0.134 e. The Morgan fingerprint density at radius 1 is 1.25 bits per heavy atom. The van der Waals surface area contributed by atoms with E-state index < -0.39 is 0 Å². The molecule has 0 unspecified atom stereocenters. The molecular formula is C14H19NO. The normalized spacial score (nSPS) is 12.2. The minimum Gasteiger partial charge on any atom is -0.464 e. The van der Waals surface area contributed by atoms with Crippen LogP contribution >= 0.6 is 0 Å². The van der Waals surface area contributed by atoms with Crippen molar-refractivity contribution >= 4 is 11.0 Å². The van der Waals surface area contributed by atoms with Crippen LogP contribution in [0.5, 0.6) is 0 Å². The molecular weight excluding hydrogens is 198 g/mol. The number of benzene rings is 1. The average Bonchev–Trinajstić information content (AvgIpc) is 2.62. The van der Waals surface area contributed by atoms with E-state index in [0.29, 0.717) is 6.54 Å². The van der Waals surface area contributed by atoms with Crippen molar-refractivity contribution < 1.29 is 4.42 Å². The van der Waals surface area contributed by atoms with Gasteiger partial charge in [0.2, 0.25) is 0 Å². The van der Waals surface area contributed by atoms with E-state index in [1.165, 1.54) is 16.5 Å². The molecule has 0 atom stereocenters. The molecule has 0 saturated heterocycles. The quantitative estimate of drug-likeness (QED) is 0.838. The number of hydrogen-bond acceptors (Lipinski definition) is 2. The molecule has 0 amide bonds. The van der Waals surface area contributed by atoms with Crippen molar-refractivity contribution in [3.63, 3.8) is 0 Å². The molecule has 2 rings (SSSR count). The van der Waals surface area contributed by atoms with Gasteiger partial charge in [-0.1, -0.05) is 32.9 Å². The lowest BCUT2D eigenvalue weighted by atomic mass is 9.85. The molecule has 0 radical (unpaired) electrons. The summed E-state index contributed by atoms with van der Waals surface area (Å²) < 4.78 is 5.62. The zero-order valence-corrected chi connectivity index (χ0v) is 10.2. The largest absolute Gasteiger partial charge is 0.464 e. The fourth-order valence-corrected chi connectivity index (χ4v) is 2.08. The Morgan fingerprint density at radius 3 is 2.62 bits per heavy atom. The van der Waals surface area contributed by atoms with Crippen LogP contribution in [0.2, 0.25) is 0 Å². The molecule has 2 nitrogen and oxygen atoms in total. The van der Waals surface area contributed by atoms with Crippen molar-refractivity contribution in [3.8, 4) is 0 Å². The highest BCUT2D eigenvalue weighted by atomic mass is 16.3. The van der Waals surface area contributed by atoms with Gasteiger partial charge in [0, 0.05) is 10.9 Å². The Bertz CT molecular complexity index is 491. The molecule has 86 valence electrons. The fraction of sp³-hybridized carbons (Fsp3) is 0.429. The van der Waals surface area contributed by atoms with Gasteiger partial charge >= 0.3 is 0 Å². The number of rotatable bonds is 2. The highest BCUT2D eigenvalue weighted by molar-refractivity contribution is 5.85. The van der Waals surface area contributed by atoms with Gasteiger partial charge < -0.3 is 10.2 Å². The summed E-state index contributed by atoms with van der Waals surface area (Å²) in [6.07, 6.45) is 2.78. The van der Waals surface area contributed by atoms with Crippen LogP contribution in [0.4, 0.5) is 0 Å². The van der Waals surface area contributed by atoms with Crippen LogP contribution in [-0.4, -0.2) is 6.54 Å².